The van der Waals surface area contributed by atoms with Crippen molar-refractivity contribution < 1.29 is 9.15 Å². The molecule has 94 valence electrons. The molecule has 2 aromatic rings. The molecule has 0 saturated carbocycles. The number of benzene rings is 1. The molecule has 1 aromatic carbocycles. The van der Waals surface area contributed by atoms with Gasteiger partial charge in [0.15, 0.2) is 5.58 Å². The second-order valence-electron chi connectivity index (χ2n) is 5.05. The molecule has 0 spiro atoms. The van der Waals surface area contributed by atoms with Crippen molar-refractivity contribution in [2.24, 2.45) is 0 Å². The summed E-state index contributed by atoms with van der Waals surface area (Å²) in [5, 5.41) is 0. The number of nitrogen functional groups attached to an aromatic ring is 1. The van der Waals surface area contributed by atoms with Crippen LogP contribution >= 0.6 is 0 Å². The molecule has 2 aliphatic heterocycles. The maximum atomic E-state index is 5.85. The van der Waals surface area contributed by atoms with Crippen LogP contribution in [0.4, 0.5) is 11.7 Å². The Hall–Kier alpha value is -1.75. The Morgan fingerprint density at radius 3 is 2.78 bits per heavy atom. The predicted molar refractivity (Wildman–Crippen MR) is 68.5 cm³/mol. The first-order valence-corrected chi connectivity index (χ1v) is 6.33. The van der Waals surface area contributed by atoms with Gasteiger partial charge in [-0.1, -0.05) is 0 Å². The van der Waals surface area contributed by atoms with Crippen molar-refractivity contribution in [3.8, 4) is 0 Å². The lowest BCUT2D eigenvalue weighted by Gasteiger charge is -2.33. The number of oxazole rings is 1. The van der Waals surface area contributed by atoms with Crippen molar-refractivity contribution in [3.05, 3.63) is 18.2 Å². The normalized spacial score (nSPS) is 27.0. The molecule has 3 heterocycles. The zero-order chi connectivity index (χ0) is 12.1. The van der Waals surface area contributed by atoms with E-state index < -0.39 is 0 Å². The smallest absolute Gasteiger partial charge is 0.299 e. The third-order valence-corrected chi connectivity index (χ3v) is 3.86. The molecule has 2 saturated heterocycles. The van der Waals surface area contributed by atoms with E-state index in [9.17, 15) is 0 Å². The van der Waals surface area contributed by atoms with Crippen LogP contribution in [0.5, 0.6) is 0 Å². The molecule has 0 radical (unpaired) electrons. The zero-order valence-electron chi connectivity index (χ0n) is 10.0. The highest BCUT2D eigenvalue weighted by Crippen LogP contribution is 2.35. The standard InChI is InChI=1S/C13H15N3O2/c14-8-1-4-11-12(5-8)18-13(15-11)16-9-2-3-10(16)7-17-6-9/h1,4-5,9-10H,2-3,6-7,14H2. The van der Waals surface area contributed by atoms with Crippen molar-refractivity contribution in [1.29, 1.82) is 0 Å². The number of rotatable bonds is 1. The van der Waals surface area contributed by atoms with Crippen LogP contribution in [0.15, 0.2) is 22.6 Å². The van der Waals surface area contributed by atoms with Crippen molar-refractivity contribution in [2.75, 3.05) is 23.8 Å². The average Bonchev–Trinajstić information content (AvgIpc) is 2.87. The lowest BCUT2D eigenvalue weighted by molar-refractivity contribution is 0.0879. The Balaban J connectivity index is 1.78. The number of fused-ring (bicyclic) bond motifs is 3. The predicted octanol–water partition coefficient (Wildman–Crippen LogP) is 1.78. The van der Waals surface area contributed by atoms with E-state index >= 15 is 0 Å². The SMILES string of the molecule is Nc1ccc2nc(N3C4CCC3COC4)oc2c1. The van der Waals surface area contributed by atoms with Crippen LogP contribution < -0.4 is 10.6 Å². The van der Waals surface area contributed by atoms with Crippen LogP contribution in [0.1, 0.15) is 12.8 Å². The highest BCUT2D eigenvalue weighted by molar-refractivity contribution is 5.78. The third-order valence-electron chi connectivity index (χ3n) is 3.86. The van der Waals surface area contributed by atoms with Gasteiger partial charge < -0.3 is 19.8 Å². The monoisotopic (exact) mass is 245 g/mol. The molecule has 2 atom stereocenters. The number of hydrogen-bond acceptors (Lipinski definition) is 5. The fourth-order valence-electron chi connectivity index (χ4n) is 2.98. The van der Waals surface area contributed by atoms with E-state index in [0.29, 0.717) is 23.8 Å². The Kier molecular flexibility index (Phi) is 2.05. The summed E-state index contributed by atoms with van der Waals surface area (Å²) in [7, 11) is 0. The summed E-state index contributed by atoms with van der Waals surface area (Å²) in [4.78, 5) is 6.84. The van der Waals surface area contributed by atoms with E-state index in [1.54, 1.807) is 0 Å². The highest BCUT2D eigenvalue weighted by Gasteiger charge is 2.39. The van der Waals surface area contributed by atoms with Crippen molar-refractivity contribution in [3.63, 3.8) is 0 Å². The van der Waals surface area contributed by atoms with Crippen LogP contribution in [-0.4, -0.2) is 30.3 Å². The second kappa shape index (κ2) is 3.62. The van der Waals surface area contributed by atoms with Crippen LogP contribution in [-0.2, 0) is 4.74 Å². The molecule has 0 amide bonds. The molecular formula is C13H15N3O2. The van der Waals surface area contributed by atoms with Gasteiger partial charge in [-0.15, -0.1) is 0 Å². The topological polar surface area (TPSA) is 64.5 Å². The third kappa shape index (κ3) is 1.40. The largest absolute Gasteiger partial charge is 0.423 e. The van der Waals surface area contributed by atoms with Gasteiger partial charge in [0.1, 0.15) is 5.52 Å². The number of ether oxygens (including phenoxy) is 1. The Bertz CT molecular complexity index is 579. The number of aromatic nitrogens is 1. The Labute approximate surface area is 105 Å². The number of hydrogen-bond donors (Lipinski definition) is 1. The lowest BCUT2D eigenvalue weighted by atomic mass is 10.2. The summed E-state index contributed by atoms with van der Waals surface area (Å²) in [5.41, 5.74) is 8.09. The van der Waals surface area contributed by atoms with Crippen LogP contribution in [0.3, 0.4) is 0 Å². The summed E-state index contributed by atoms with van der Waals surface area (Å²) in [6.07, 6.45) is 2.32. The molecule has 4 rings (SSSR count). The summed E-state index contributed by atoms with van der Waals surface area (Å²) in [5.74, 6) is 0. The van der Waals surface area contributed by atoms with Gasteiger partial charge in [-0.05, 0) is 25.0 Å². The van der Waals surface area contributed by atoms with Gasteiger partial charge in [-0.2, -0.15) is 4.98 Å². The molecule has 0 aliphatic carbocycles. The lowest BCUT2D eigenvalue weighted by Crippen LogP contribution is -2.46. The Morgan fingerprint density at radius 1 is 1.22 bits per heavy atom. The first kappa shape index (κ1) is 10.2. The molecule has 2 unspecified atom stereocenters. The molecular weight excluding hydrogens is 230 g/mol. The quantitative estimate of drug-likeness (QED) is 0.776. The molecule has 2 bridgehead atoms. The van der Waals surface area contributed by atoms with E-state index in [-0.39, 0.29) is 0 Å². The van der Waals surface area contributed by atoms with E-state index in [4.69, 9.17) is 14.9 Å². The van der Waals surface area contributed by atoms with E-state index in [2.05, 4.69) is 9.88 Å². The molecule has 18 heavy (non-hydrogen) atoms. The van der Waals surface area contributed by atoms with Crippen LogP contribution in [0.25, 0.3) is 11.1 Å². The number of anilines is 2. The minimum atomic E-state index is 0.411. The van der Waals surface area contributed by atoms with Gasteiger partial charge in [0, 0.05) is 11.8 Å². The van der Waals surface area contributed by atoms with E-state index in [1.165, 1.54) is 0 Å². The maximum absolute atomic E-state index is 5.85. The number of nitrogens with zero attached hydrogens (tertiary/aromatic N) is 2. The van der Waals surface area contributed by atoms with Gasteiger partial charge in [0.25, 0.3) is 6.01 Å². The van der Waals surface area contributed by atoms with Crippen molar-refractivity contribution >= 4 is 22.8 Å². The van der Waals surface area contributed by atoms with Gasteiger partial charge in [-0.25, -0.2) is 0 Å². The summed E-state index contributed by atoms with van der Waals surface area (Å²) in [6.45, 7) is 1.55. The summed E-state index contributed by atoms with van der Waals surface area (Å²) in [6, 6.07) is 7.12. The fraction of sp³-hybridized carbons (Fsp3) is 0.462. The fourth-order valence-corrected chi connectivity index (χ4v) is 2.98. The zero-order valence-corrected chi connectivity index (χ0v) is 10.0. The van der Waals surface area contributed by atoms with Gasteiger partial charge >= 0.3 is 0 Å². The van der Waals surface area contributed by atoms with Gasteiger partial charge in [-0.3, -0.25) is 0 Å². The van der Waals surface area contributed by atoms with Crippen LogP contribution in [0.2, 0.25) is 0 Å². The average molecular weight is 245 g/mol. The summed E-state index contributed by atoms with van der Waals surface area (Å²) >= 11 is 0. The molecule has 2 fully saturated rings. The minimum Gasteiger partial charge on any atom is -0.423 e. The number of nitrogens with two attached hydrogens (primary N) is 1. The van der Waals surface area contributed by atoms with Crippen LogP contribution in [0, 0.1) is 0 Å². The van der Waals surface area contributed by atoms with E-state index in [1.807, 2.05) is 18.2 Å². The molecule has 5 nitrogen and oxygen atoms in total. The van der Waals surface area contributed by atoms with Crippen molar-refractivity contribution in [2.45, 2.75) is 24.9 Å². The maximum Gasteiger partial charge on any atom is 0.299 e. The van der Waals surface area contributed by atoms with Gasteiger partial charge in [0.05, 0.1) is 25.3 Å². The van der Waals surface area contributed by atoms with Crippen molar-refractivity contribution in [1.82, 2.24) is 4.98 Å². The Morgan fingerprint density at radius 2 is 2.00 bits per heavy atom. The van der Waals surface area contributed by atoms with Gasteiger partial charge in [0.2, 0.25) is 0 Å². The first-order valence-electron chi connectivity index (χ1n) is 6.33. The van der Waals surface area contributed by atoms with E-state index in [0.717, 1.165) is 37.2 Å². The minimum absolute atomic E-state index is 0.411. The molecule has 2 N–H and O–H groups in total. The molecule has 1 aromatic heterocycles. The first-order chi connectivity index (χ1) is 8.81. The molecule has 5 heteroatoms. The second-order valence-corrected chi connectivity index (χ2v) is 5.05. The summed E-state index contributed by atoms with van der Waals surface area (Å²) < 4.78 is 11.4. The number of morpholine rings is 1. The highest BCUT2D eigenvalue weighted by atomic mass is 16.5. The molecule has 2 aliphatic rings.